The van der Waals surface area contributed by atoms with Crippen molar-refractivity contribution in [2.45, 2.75) is 12.5 Å². The van der Waals surface area contributed by atoms with Crippen LogP contribution in [0, 0.1) is 0 Å². The molecule has 0 saturated carbocycles. The van der Waals surface area contributed by atoms with Gasteiger partial charge in [0.1, 0.15) is 0 Å². The quantitative estimate of drug-likeness (QED) is 0.593. The molecule has 0 atom stereocenters. The molecule has 1 aromatic heterocycles. The molecule has 0 aliphatic heterocycles. The molecule has 1 heterocycles. The Morgan fingerprint density at radius 2 is 1.82 bits per heavy atom. The van der Waals surface area contributed by atoms with E-state index in [-0.39, 0.29) is 0 Å². The second kappa shape index (κ2) is 9.78. The number of halogens is 1. The molecule has 0 spiro atoms. The molecule has 1 aromatic rings. The Labute approximate surface area is 113 Å². The zero-order valence-corrected chi connectivity index (χ0v) is 13.4. The van der Waals surface area contributed by atoms with Gasteiger partial charge in [-0.1, -0.05) is 15.9 Å². The van der Waals surface area contributed by atoms with Gasteiger partial charge in [0.25, 0.3) is 0 Å². The first kappa shape index (κ1) is 16.8. The number of hydrogen-bond donors (Lipinski definition) is 0. The highest BCUT2D eigenvalue weighted by atomic mass is 79.9. The fraction of sp³-hybridized carbons (Fsp3) is 0.700. The van der Waals surface area contributed by atoms with E-state index in [2.05, 4.69) is 20.9 Å². The standard InChI is InChI=1S/C6H15BrO3Si.C4H6N2/c1-8-11(9-2,10-3)6-4-5-7;1-6-3-2-5-4-6/h4-6H2,1-3H3;2-4H,1H3. The minimum atomic E-state index is -2.27. The van der Waals surface area contributed by atoms with E-state index < -0.39 is 8.80 Å². The van der Waals surface area contributed by atoms with Crippen LogP contribution in [-0.2, 0) is 20.3 Å². The molecule has 0 amide bonds. The molecule has 0 aliphatic carbocycles. The summed E-state index contributed by atoms with van der Waals surface area (Å²) >= 11 is 3.35. The molecule has 0 unspecified atom stereocenters. The van der Waals surface area contributed by atoms with Gasteiger partial charge >= 0.3 is 8.80 Å². The molecule has 0 aliphatic rings. The molecule has 0 fully saturated rings. The smallest absolute Gasteiger partial charge is 0.377 e. The lowest BCUT2D eigenvalue weighted by Crippen LogP contribution is -2.42. The summed E-state index contributed by atoms with van der Waals surface area (Å²) in [5, 5.41) is 0.956. The van der Waals surface area contributed by atoms with Crippen LogP contribution in [-0.4, -0.2) is 45.0 Å². The van der Waals surface area contributed by atoms with E-state index in [9.17, 15) is 0 Å². The zero-order chi connectivity index (χ0) is 13.1. The van der Waals surface area contributed by atoms with Crippen molar-refractivity contribution < 1.29 is 13.3 Å². The molecule has 0 bridgehead atoms. The summed E-state index contributed by atoms with van der Waals surface area (Å²) in [5.74, 6) is 0. The summed E-state index contributed by atoms with van der Waals surface area (Å²) in [6, 6.07) is 0.863. The fourth-order valence-corrected chi connectivity index (χ4v) is 3.69. The molecule has 0 saturated heterocycles. The van der Waals surface area contributed by atoms with Crippen molar-refractivity contribution in [1.29, 1.82) is 0 Å². The van der Waals surface area contributed by atoms with Gasteiger partial charge in [0, 0.05) is 52.1 Å². The van der Waals surface area contributed by atoms with Crippen LogP contribution in [0.4, 0.5) is 0 Å². The molecular weight excluding hydrogens is 304 g/mol. The number of nitrogens with zero attached hydrogens (tertiary/aromatic N) is 2. The predicted molar refractivity (Wildman–Crippen MR) is 73.2 cm³/mol. The van der Waals surface area contributed by atoms with Crippen LogP contribution in [0.25, 0.3) is 0 Å². The van der Waals surface area contributed by atoms with Gasteiger partial charge in [-0.2, -0.15) is 0 Å². The molecule has 17 heavy (non-hydrogen) atoms. The summed E-state index contributed by atoms with van der Waals surface area (Å²) < 4.78 is 17.5. The molecular formula is C10H21BrN2O3Si. The van der Waals surface area contributed by atoms with Crippen LogP contribution in [0.3, 0.4) is 0 Å². The number of aromatic nitrogens is 2. The van der Waals surface area contributed by atoms with Crippen molar-refractivity contribution in [3.05, 3.63) is 18.7 Å². The van der Waals surface area contributed by atoms with Crippen molar-refractivity contribution in [3.8, 4) is 0 Å². The molecule has 0 radical (unpaired) electrons. The lowest BCUT2D eigenvalue weighted by Gasteiger charge is -2.23. The minimum absolute atomic E-state index is 0.863. The normalized spacial score (nSPS) is 10.9. The van der Waals surface area contributed by atoms with Crippen molar-refractivity contribution in [1.82, 2.24) is 9.55 Å². The van der Waals surface area contributed by atoms with E-state index in [4.69, 9.17) is 13.3 Å². The average Bonchev–Trinajstić information content (AvgIpc) is 2.84. The maximum absolute atomic E-state index is 5.21. The topological polar surface area (TPSA) is 45.5 Å². The van der Waals surface area contributed by atoms with E-state index in [1.165, 1.54) is 0 Å². The first-order chi connectivity index (χ1) is 8.14. The Bertz CT molecular complexity index is 260. The third-order valence-electron chi connectivity index (χ3n) is 2.19. The van der Waals surface area contributed by atoms with Gasteiger partial charge in [-0.15, -0.1) is 0 Å². The van der Waals surface area contributed by atoms with Gasteiger partial charge in [0.15, 0.2) is 0 Å². The van der Waals surface area contributed by atoms with Crippen LogP contribution < -0.4 is 0 Å². The maximum Gasteiger partial charge on any atom is 0.500 e. The average molecular weight is 325 g/mol. The van der Waals surface area contributed by atoms with E-state index in [0.717, 1.165) is 17.8 Å². The van der Waals surface area contributed by atoms with E-state index in [1.54, 1.807) is 33.9 Å². The van der Waals surface area contributed by atoms with Crippen LogP contribution in [0.15, 0.2) is 18.7 Å². The highest BCUT2D eigenvalue weighted by molar-refractivity contribution is 9.09. The fourth-order valence-electron chi connectivity index (χ4n) is 1.17. The summed E-state index contributed by atoms with van der Waals surface area (Å²) in [6.07, 6.45) is 6.40. The summed E-state index contributed by atoms with van der Waals surface area (Å²) in [4.78, 5) is 3.78. The molecule has 1 rings (SSSR count). The Morgan fingerprint density at radius 3 is 2.06 bits per heavy atom. The summed E-state index contributed by atoms with van der Waals surface area (Å²) in [5.41, 5.74) is 0. The number of rotatable bonds is 6. The Balaban J connectivity index is 0.000000354. The highest BCUT2D eigenvalue weighted by Crippen LogP contribution is 2.15. The van der Waals surface area contributed by atoms with Gasteiger partial charge < -0.3 is 17.8 Å². The maximum atomic E-state index is 5.21. The van der Waals surface area contributed by atoms with Crippen LogP contribution in [0.1, 0.15) is 6.42 Å². The molecule has 100 valence electrons. The van der Waals surface area contributed by atoms with Gasteiger partial charge in [-0.3, -0.25) is 0 Å². The molecule has 7 heteroatoms. The first-order valence-corrected chi connectivity index (χ1v) is 8.32. The number of alkyl halides is 1. The second-order valence-electron chi connectivity index (χ2n) is 3.32. The van der Waals surface area contributed by atoms with E-state index >= 15 is 0 Å². The molecule has 0 N–H and O–H groups in total. The van der Waals surface area contributed by atoms with Crippen LogP contribution >= 0.6 is 15.9 Å². The third kappa shape index (κ3) is 6.94. The van der Waals surface area contributed by atoms with Gasteiger partial charge in [0.05, 0.1) is 6.33 Å². The van der Waals surface area contributed by atoms with Crippen molar-refractivity contribution in [2.75, 3.05) is 26.7 Å². The second-order valence-corrected chi connectivity index (χ2v) is 7.20. The third-order valence-corrected chi connectivity index (χ3v) is 5.58. The van der Waals surface area contributed by atoms with E-state index in [0.29, 0.717) is 0 Å². The van der Waals surface area contributed by atoms with Crippen molar-refractivity contribution in [2.24, 2.45) is 7.05 Å². The number of imidazole rings is 1. The highest BCUT2D eigenvalue weighted by Gasteiger charge is 2.36. The Hall–Kier alpha value is -0.213. The largest absolute Gasteiger partial charge is 0.500 e. The van der Waals surface area contributed by atoms with Gasteiger partial charge in [-0.05, 0) is 6.42 Å². The SMILES string of the molecule is CO[Si](CCCBr)(OC)OC.Cn1ccnc1. The van der Waals surface area contributed by atoms with Gasteiger partial charge in [-0.25, -0.2) is 4.98 Å². The summed E-state index contributed by atoms with van der Waals surface area (Å²) in [6.45, 7) is 0. The monoisotopic (exact) mass is 324 g/mol. The van der Waals surface area contributed by atoms with Crippen molar-refractivity contribution >= 4 is 24.7 Å². The van der Waals surface area contributed by atoms with Crippen molar-refractivity contribution in [3.63, 3.8) is 0 Å². The van der Waals surface area contributed by atoms with Gasteiger partial charge in [0.2, 0.25) is 0 Å². The lowest BCUT2D eigenvalue weighted by atomic mass is 10.6. The van der Waals surface area contributed by atoms with Crippen LogP contribution in [0.2, 0.25) is 6.04 Å². The lowest BCUT2D eigenvalue weighted by molar-refractivity contribution is 0.123. The Kier molecular flexibility index (Phi) is 9.66. The van der Waals surface area contributed by atoms with E-state index in [1.807, 2.05) is 17.8 Å². The van der Waals surface area contributed by atoms with Crippen LogP contribution in [0.5, 0.6) is 0 Å². The molecule has 0 aromatic carbocycles. The number of aryl methyl sites for hydroxylation is 1. The predicted octanol–water partition coefficient (Wildman–Crippen LogP) is 2.07. The number of hydrogen-bond acceptors (Lipinski definition) is 4. The zero-order valence-electron chi connectivity index (χ0n) is 10.9. The minimum Gasteiger partial charge on any atom is -0.377 e. The first-order valence-electron chi connectivity index (χ1n) is 5.27. The summed E-state index contributed by atoms with van der Waals surface area (Å²) in [7, 11) is 4.57. The Morgan fingerprint density at radius 1 is 1.24 bits per heavy atom. The molecule has 5 nitrogen and oxygen atoms in total.